The van der Waals surface area contributed by atoms with Crippen LogP contribution in [0.25, 0.3) is 0 Å². The summed E-state index contributed by atoms with van der Waals surface area (Å²) in [6, 6.07) is 5.59. The molecular formula is C14H20ClN3O3S. The lowest BCUT2D eigenvalue weighted by Gasteiger charge is -2.34. The lowest BCUT2D eigenvalue weighted by molar-refractivity contribution is -0.123. The number of amides is 1. The first-order valence-corrected chi connectivity index (χ1v) is 8.97. The molecule has 0 spiro atoms. The highest BCUT2D eigenvalue weighted by molar-refractivity contribution is 7.89. The number of halogens is 1. The van der Waals surface area contributed by atoms with Gasteiger partial charge in [-0.2, -0.15) is 0 Å². The molecule has 1 heterocycles. The summed E-state index contributed by atoms with van der Waals surface area (Å²) in [5.41, 5.74) is 5.29. The van der Waals surface area contributed by atoms with Crippen LogP contribution in [0.15, 0.2) is 29.2 Å². The van der Waals surface area contributed by atoms with Crippen LogP contribution in [0.4, 0.5) is 0 Å². The van der Waals surface area contributed by atoms with Crippen molar-refractivity contribution < 1.29 is 13.2 Å². The summed E-state index contributed by atoms with van der Waals surface area (Å²) in [6.45, 7) is 3.04. The second kappa shape index (κ2) is 6.95. The first-order chi connectivity index (χ1) is 10.3. The average Bonchev–Trinajstić information content (AvgIpc) is 2.47. The molecule has 2 rings (SSSR count). The number of primary amides is 1. The smallest absolute Gasteiger partial charge is 0.240 e. The number of rotatable bonds is 5. The number of carbonyl (C=O) groups excluding carboxylic acids is 1. The molecule has 1 aromatic rings. The van der Waals surface area contributed by atoms with E-state index in [1.165, 1.54) is 12.1 Å². The van der Waals surface area contributed by atoms with Crippen LogP contribution in [0.5, 0.6) is 0 Å². The quantitative estimate of drug-likeness (QED) is 0.831. The van der Waals surface area contributed by atoms with Gasteiger partial charge in [-0.3, -0.25) is 9.69 Å². The molecule has 1 fully saturated rings. The van der Waals surface area contributed by atoms with Crippen LogP contribution in [0.2, 0.25) is 5.02 Å². The fourth-order valence-electron chi connectivity index (χ4n) is 2.49. The maximum absolute atomic E-state index is 12.3. The maximum atomic E-state index is 12.3. The summed E-state index contributed by atoms with van der Waals surface area (Å²) in [4.78, 5) is 13.3. The first-order valence-electron chi connectivity index (χ1n) is 7.11. The van der Waals surface area contributed by atoms with Crippen LogP contribution in [0.1, 0.15) is 19.8 Å². The highest BCUT2D eigenvalue weighted by atomic mass is 35.5. The van der Waals surface area contributed by atoms with Gasteiger partial charge in [-0.05, 0) is 44.0 Å². The molecule has 1 aliphatic heterocycles. The van der Waals surface area contributed by atoms with Gasteiger partial charge in [0.25, 0.3) is 0 Å². The van der Waals surface area contributed by atoms with E-state index >= 15 is 0 Å². The average molecular weight is 346 g/mol. The number of benzene rings is 1. The molecule has 1 aromatic carbocycles. The fourth-order valence-corrected chi connectivity index (χ4v) is 3.92. The third kappa shape index (κ3) is 4.19. The van der Waals surface area contributed by atoms with E-state index in [4.69, 9.17) is 17.3 Å². The largest absolute Gasteiger partial charge is 0.368 e. The predicted octanol–water partition coefficient (Wildman–Crippen LogP) is 0.957. The van der Waals surface area contributed by atoms with Crippen molar-refractivity contribution in [3.8, 4) is 0 Å². The number of nitrogens with two attached hydrogens (primary N) is 1. The highest BCUT2D eigenvalue weighted by Crippen LogP contribution is 2.18. The molecule has 1 aliphatic rings. The van der Waals surface area contributed by atoms with E-state index < -0.39 is 10.0 Å². The third-order valence-corrected chi connectivity index (χ3v) is 5.72. The summed E-state index contributed by atoms with van der Waals surface area (Å²) in [5, 5.41) is 0.493. The van der Waals surface area contributed by atoms with Crippen LogP contribution in [0.3, 0.4) is 0 Å². The fraction of sp³-hybridized carbons (Fsp3) is 0.500. The van der Waals surface area contributed by atoms with Gasteiger partial charge in [0.05, 0.1) is 10.9 Å². The van der Waals surface area contributed by atoms with Crippen LogP contribution < -0.4 is 10.5 Å². The van der Waals surface area contributed by atoms with E-state index in [2.05, 4.69) is 4.72 Å². The van der Waals surface area contributed by atoms with E-state index in [0.717, 1.165) is 0 Å². The number of sulfonamides is 1. The number of likely N-dealkylation sites (tertiary alicyclic amines) is 1. The van der Waals surface area contributed by atoms with Crippen molar-refractivity contribution >= 4 is 27.5 Å². The zero-order chi connectivity index (χ0) is 16.3. The number of nitrogens with zero attached hydrogens (tertiary/aromatic N) is 1. The number of carbonyl (C=O) groups is 1. The monoisotopic (exact) mass is 345 g/mol. The Morgan fingerprint density at radius 3 is 2.36 bits per heavy atom. The molecule has 1 atom stereocenters. The van der Waals surface area contributed by atoms with Crippen LogP contribution in [0, 0.1) is 0 Å². The van der Waals surface area contributed by atoms with E-state index in [1.54, 1.807) is 19.1 Å². The summed E-state index contributed by atoms with van der Waals surface area (Å²) in [5.74, 6) is -0.361. The molecule has 0 bridgehead atoms. The zero-order valence-electron chi connectivity index (χ0n) is 12.3. The summed E-state index contributed by atoms with van der Waals surface area (Å²) >= 11 is 5.77. The Kier molecular flexibility index (Phi) is 5.44. The Balaban J connectivity index is 1.95. The van der Waals surface area contributed by atoms with Crippen molar-refractivity contribution in [1.82, 2.24) is 9.62 Å². The summed E-state index contributed by atoms with van der Waals surface area (Å²) in [7, 11) is -3.55. The van der Waals surface area contributed by atoms with Gasteiger partial charge in [0.15, 0.2) is 0 Å². The van der Waals surface area contributed by atoms with Crippen LogP contribution >= 0.6 is 11.6 Å². The van der Waals surface area contributed by atoms with Gasteiger partial charge in [0.1, 0.15) is 0 Å². The Labute approximate surface area is 135 Å². The van der Waals surface area contributed by atoms with Crippen LogP contribution in [-0.2, 0) is 14.8 Å². The lowest BCUT2D eigenvalue weighted by atomic mass is 10.0. The third-order valence-electron chi connectivity index (χ3n) is 3.93. The van der Waals surface area contributed by atoms with Crippen molar-refractivity contribution in [2.24, 2.45) is 5.73 Å². The molecule has 0 saturated carbocycles. The maximum Gasteiger partial charge on any atom is 0.240 e. The molecule has 3 N–H and O–H groups in total. The topological polar surface area (TPSA) is 92.5 Å². The number of nitrogens with one attached hydrogen (secondary N) is 1. The van der Waals surface area contributed by atoms with Gasteiger partial charge in [-0.25, -0.2) is 13.1 Å². The van der Waals surface area contributed by atoms with Gasteiger partial charge in [-0.1, -0.05) is 11.6 Å². The molecule has 1 amide bonds. The molecule has 6 nitrogen and oxygen atoms in total. The number of piperidine rings is 1. The molecular weight excluding hydrogens is 326 g/mol. The number of hydrogen-bond acceptors (Lipinski definition) is 4. The minimum Gasteiger partial charge on any atom is -0.368 e. The molecule has 1 saturated heterocycles. The van der Waals surface area contributed by atoms with Gasteiger partial charge in [0.2, 0.25) is 15.9 Å². The minimum absolute atomic E-state index is 0.142. The van der Waals surface area contributed by atoms with Crippen LogP contribution in [-0.4, -0.2) is 44.4 Å². The summed E-state index contributed by atoms with van der Waals surface area (Å²) in [6.07, 6.45) is 1.29. The van der Waals surface area contributed by atoms with Gasteiger partial charge in [0, 0.05) is 24.2 Å². The number of hydrogen-bond donors (Lipinski definition) is 2. The zero-order valence-corrected chi connectivity index (χ0v) is 13.9. The Hall–Kier alpha value is -1.15. The van der Waals surface area contributed by atoms with Crippen molar-refractivity contribution in [3.05, 3.63) is 29.3 Å². The molecule has 0 aliphatic carbocycles. The lowest BCUT2D eigenvalue weighted by Crippen LogP contribution is -2.50. The van der Waals surface area contributed by atoms with Gasteiger partial charge >= 0.3 is 0 Å². The second-order valence-corrected chi connectivity index (χ2v) is 7.61. The normalized spacial score (nSPS) is 19.0. The Morgan fingerprint density at radius 1 is 1.32 bits per heavy atom. The molecule has 22 heavy (non-hydrogen) atoms. The molecule has 0 unspecified atom stereocenters. The molecule has 8 heteroatoms. The van der Waals surface area contributed by atoms with Gasteiger partial charge in [-0.15, -0.1) is 0 Å². The van der Waals surface area contributed by atoms with Crippen molar-refractivity contribution in [2.75, 3.05) is 13.1 Å². The van der Waals surface area contributed by atoms with E-state index in [9.17, 15) is 13.2 Å². The van der Waals surface area contributed by atoms with Crippen molar-refractivity contribution in [3.63, 3.8) is 0 Å². The van der Waals surface area contributed by atoms with Crippen molar-refractivity contribution in [1.29, 1.82) is 0 Å². The van der Waals surface area contributed by atoms with E-state index in [1.807, 2.05) is 4.90 Å². The minimum atomic E-state index is -3.55. The molecule has 0 radical (unpaired) electrons. The van der Waals surface area contributed by atoms with Crippen molar-refractivity contribution in [2.45, 2.75) is 36.7 Å². The first kappa shape index (κ1) is 17.2. The Morgan fingerprint density at radius 2 is 1.86 bits per heavy atom. The van der Waals surface area contributed by atoms with E-state index in [0.29, 0.717) is 31.0 Å². The van der Waals surface area contributed by atoms with E-state index in [-0.39, 0.29) is 22.9 Å². The highest BCUT2D eigenvalue weighted by Gasteiger charge is 2.28. The van der Waals surface area contributed by atoms with Gasteiger partial charge < -0.3 is 5.73 Å². The molecule has 0 aromatic heterocycles. The second-order valence-electron chi connectivity index (χ2n) is 5.46. The SMILES string of the molecule is C[C@H](C(N)=O)N1CCC(NS(=O)(=O)c2ccc(Cl)cc2)CC1. The predicted molar refractivity (Wildman–Crippen MR) is 85.0 cm³/mol. The molecule has 122 valence electrons. The standard InChI is InChI=1S/C14H20ClN3O3S/c1-10(14(16)19)18-8-6-12(7-9-18)17-22(20,21)13-4-2-11(15)3-5-13/h2-5,10,12,17H,6-9H2,1H3,(H2,16,19)/t10-/m1/s1. The summed E-state index contributed by atoms with van der Waals surface area (Å²) < 4.78 is 27.3. The Bertz CT molecular complexity index is 625.